The molecule has 0 atom stereocenters. The first-order chi connectivity index (χ1) is 9.28. The van der Waals surface area contributed by atoms with E-state index in [2.05, 4.69) is 10.3 Å². The zero-order valence-electron chi connectivity index (χ0n) is 11.2. The van der Waals surface area contributed by atoms with E-state index in [0.717, 1.165) is 29.2 Å². The summed E-state index contributed by atoms with van der Waals surface area (Å²) in [5.74, 6) is 1.54. The highest BCUT2D eigenvalue weighted by Crippen LogP contribution is 2.25. The summed E-state index contributed by atoms with van der Waals surface area (Å²) < 4.78 is 12.4. The molecule has 1 aromatic carbocycles. The van der Waals surface area contributed by atoms with Gasteiger partial charge in [-0.3, -0.25) is 0 Å². The fourth-order valence-electron chi connectivity index (χ4n) is 1.90. The van der Waals surface area contributed by atoms with Gasteiger partial charge in [0.2, 0.25) is 0 Å². The molecule has 2 aromatic rings. The molecule has 0 bridgehead atoms. The van der Waals surface area contributed by atoms with Crippen LogP contribution in [0.5, 0.6) is 11.5 Å². The first-order valence-corrected chi connectivity index (χ1v) is 6.06. The summed E-state index contributed by atoms with van der Waals surface area (Å²) in [6, 6.07) is 5.72. The van der Waals surface area contributed by atoms with Gasteiger partial charge in [0.05, 0.1) is 32.7 Å². The summed E-state index contributed by atoms with van der Waals surface area (Å²) in [7, 11) is 3.27. The molecule has 102 valence electrons. The largest absolute Gasteiger partial charge is 0.497 e. The Kier molecular flexibility index (Phi) is 4.35. The maximum absolute atomic E-state index is 5.57. The van der Waals surface area contributed by atoms with E-state index in [1.165, 1.54) is 0 Å². The lowest BCUT2D eigenvalue weighted by molar-refractivity contribution is 0.389. The van der Waals surface area contributed by atoms with Crippen LogP contribution < -0.4 is 15.2 Å². The predicted octanol–water partition coefficient (Wildman–Crippen LogP) is 0.845. The van der Waals surface area contributed by atoms with Crippen molar-refractivity contribution in [1.82, 2.24) is 15.0 Å². The van der Waals surface area contributed by atoms with Gasteiger partial charge in [0.25, 0.3) is 0 Å². The molecule has 0 radical (unpaired) electrons. The molecule has 0 amide bonds. The standard InChI is InChI=1S/C13H18N4O2/c1-18-12-4-3-10(13(7-12)19-2)9-17-11(5-6-14)8-15-16-17/h3-4,7-8H,5-6,9,14H2,1-2H3. The lowest BCUT2D eigenvalue weighted by atomic mass is 10.2. The Hall–Kier alpha value is -2.08. The molecule has 0 spiro atoms. The number of hydrogen-bond acceptors (Lipinski definition) is 5. The lowest BCUT2D eigenvalue weighted by Gasteiger charge is -2.11. The molecule has 19 heavy (non-hydrogen) atoms. The number of benzene rings is 1. The molecule has 2 N–H and O–H groups in total. The monoisotopic (exact) mass is 262 g/mol. The Morgan fingerprint density at radius 3 is 2.79 bits per heavy atom. The van der Waals surface area contributed by atoms with Gasteiger partial charge in [-0.1, -0.05) is 5.21 Å². The smallest absolute Gasteiger partial charge is 0.127 e. The van der Waals surface area contributed by atoms with E-state index in [9.17, 15) is 0 Å². The molecule has 0 saturated carbocycles. The van der Waals surface area contributed by atoms with E-state index < -0.39 is 0 Å². The molecule has 1 heterocycles. The summed E-state index contributed by atoms with van der Waals surface area (Å²) in [4.78, 5) is 0. The molecule has 0 unspecified atom stereocenters. The second-order valence-electron chi connectivity index (χ2n) is 4.10. The molecule has 0 aliphatic heterocycles. The minimum absolute atomic E-state index is 0.577. The zero-order chi connectivity index (χ0) is 13.7. The van der Waals surface area contributed by atoms with Gasteiger partial charge in [-0.15, -0.1) is 5.10 Å². The molecule has 1 aromatic heterocycles. The van der Waals surface area contributed by atoms with E-state index in [0.29, 0.717) is 13.1 Å². The van der Waals surface area contributed by atoms with Crippen LogP contribution in [0, 0.1) is 0 Å². The normalized spacial score (nSPS) is 10.5. The van der Waals surface area contributed by atoms with Crippen molar-refractivity contribution in [1.29, 1.82) is 0 Å². The van der Waals surface area contributed by atoms with Gasteiger partial charge in [-0.05, 0) is 18.7 Å². The maximum atomic E-state index is 5.57. The van der Waals surface area contributed by atoms with E-state index in [1.54, 1.807) is 20.4 Å². The van der Waals surface area contributed by atoms with Crippen molar-refractivity contribution in [3.05, 3.63) is 35.7 Å². The molecule has 0 aliphatic rings. The second kappa shape index (κ2) is 6.19. The third-order valence-corrected chi connectivity index (χ3v) is 2.91. The van der Waals surface area contributed by atoms with Crippen molar-refractivity contribution in [2.24, 2.45) is 5.73 Å². The maximum Gasteiger partial charge on any atom is 0.127 e. The molecule has 6 nitrogen and oxygen atoms in total. The SMILES string of the molecule is COc1ccc(Cn2nncc2CCN)c(OC)c1. The first-order valence-electron chi connectivity index (χ1n) is 6.06. The average molecular weight is 262 g/mol. The summed E-state index contributed by atoms with van der Waals surface area (Å²) in [6.07, 6.45) is 2.49. The van der Waals surface area contributed by atoms with Crippen molar-refractivity contribution in [2.45, 2.75) is 13.0 Å². The van der Waals surface area contributed by atoms with Crippen molar-refractivity contribution in [2.75, 3.05) is 20.8 Å². The molecule has 2 rings (SSSR count). The van der Waals surface area contributed by atoms with Crippen molar-refractivity contribution >= 4 is 0 Å². The minimum Gasteiger partial charge on any atom is -0.497 e. The first kappa shape index (κ1) is 13.4. The Bertz CT molecular complexity index is 539. The minimum atomic E-state index is 0.577. The zero-order valence-corrected chi connectivity index (χ0v) is 11.2. The third kappa shape index (κ3) is 3.03. The van der Waals surface area contributed by atoms with Gasteiger partial charge in [-0.2, -0.15) is 0 Å². The van der Waals surface area contributed by atoms with Crippen LogP contribution in [0.1, 0.15) is 11.3 Å². The van der Waals surface area contributed by atoms with E-state index >= 15 is 0 Å². The van der Waals surface area contributed by atoms with Crippen LogP contribution in [-0.2, 0) is 13.0 Å². The Balaban J connectivity index is 2.24. The fourth-order valence-corrected chi connectivity index (χ4v) is 1.90. The summed E-state index contributed by atoms with van der Waals surface area (Å²) >= 11 is 0. The van der Waals surface area contributed by atoms with Gasteiger partial charge < -0.3 is 15.2 Å². The topological polar surface area (TPSA) is 75.2 Å². The van der Waals surface area contributed by atoms with Gasteiger partial charge in [0.15, 0.2) is 0 Å². The van der Waals surface area contributed by atoms with Crippen LogP contribution in [0.3, 0.4) is 0 Å². The summed E-state index contributed by atoms with van der Waals surface area (Å²) in [5.41, 5.74) is 7.60. The third-order valence-electron chi connectivity index (χ3n) is 2.91. The van der Waals surface area contributed by atoms with Crippen molar-refractivity contribution in [3.63, 3.8) is 0 Å². The number of rotatable bonds is 6. The van der Waals surface area contributed by atoms with Gasteiger partial charge in [-0.25, -0.2) is 4.68 Å². The Labute approximate surface area is 112 Å². The van der Waals surface area contributed by atoms with E-state index in [1.807, 2.05) is 22.9 Å². The summed E-state index contributed by atoms with van der Waals surface area (Å²) in [5, 5.41) is 7.99. The molecular weight excluding hydrogens is 244 g/mol. The van der Waals surface area contributed by atoms with Crippen LogP contribution in [0.25, 0.3) is 0 Å². The number of nitrogens with two attached hydrogens (primary N) is 1. The van der Waals surface area contributed by atoms with Crippen LogP contribution in [0.2, 0.25) is 0 Å². The van der Waals surface area contributed by atoms with Gasteiger partial charge in [0.1, 0.15) is 11.5 Å². The lowest BCUT2D eigenvalue weighted by Crippen LogP contribution is -2.11. The summed E-state index contributed by atoms with van der Waals surface area (Å²) in [6.45, 7) is 1.18. The van der Waals surface area contributed by atoms with Gasteiger partial charge in [0, 0.05) is 18.1 Å². The average Bonchev–Trinajstić information content (AvgIpc) is 2.87. The quantitative estimate of drug-likeness (QED) is 0.835. The van der Waals surface area contributed by atoms with Crippen molar-refractivity contribution < 1.29 is 9.47 Å². The highest BCUT2D eigenvalue weighted by molar-refractivity contribution is 5.40. The highest BCUT2D eigenvalue weighted by atomic mass is 16.5. The predicted molar refractivity (Wildman–Crippen MR) is 71.4 cm³/mol. The second-order valence-corrected chi connectivity index (χ2v) is 4.10. The van der Waals surface area contributed by atoms with E-state index in [-0.39, 0.29) is 0 Å². The Morgan fingerprint density at radius 1 is 1.26 bits per heavy atom. The Morgan fingerprint density at radius 2 is 2.11 bits per heavy atom. The van der Waals surface area contributed by atoms with Crippen LogP contribution >= 0.6 is 0 Å². The van der Waals surface area contributed by atoms with Crippen molar-refractivity contribution in [3.8, 4) is 11.5 Å². The van der Waals surface area contributed by atoms with Crippen LogP contribution in [0.4, 0.5) is 0 Å². The molecule has 0 saturated heterocycles. The van der Waals surface area contributed by atoms with Crippen LogP contribution in [0.15, 0.2) is 24.4 Å². The van der Waals surface area contributed by atoms with E-state index in [4.69, 9.17) is 15.2 Å². The fraction of sp³-hybridized carbons (Fsp3) is 0.385. The number of hydrogen-bond donors (Lipinski definition) is 1. The molecular formula is C13H18N4O2. The number of ether oxygens (including phenoxy) is 2. The highest BCUT2D eigenvalue weighted by Gasteiger charge is 2.09. The molecule has 0 fully saturated rings. The number of aromatic nitrogens is 3. The van der Waals surface area contributed by atoms with Crippen LogP contribution in [-0.4, -0.2) is 35.8 Å². The van der Waals surface area contributed by atoms with Gasteiger partial charge >= 0.3 is 0 Å². The number of nitrogens with zero attached hydrogens (tertiary/aromatic N) is 3. The number of methoxy groups -OCH3 is 2. The molecule has 6 heteroatoms. The molecule has 0 aliphatic carbocycles.